The first-order chi connectivity index (χ1) is 11.7. The summed E-state index contributed by atoms with van der Waals surface area (Å²) in [7, 11) is 0. The minimum atomic E-state index is -0.00695. The van der Waals surface area contributed by atoms with Crippen LogP contribution < -0.4 is 4.90 Å². The molecule has 3 rings (SSSR count). The van der Waals surface area contributed by atoms with Gasteiger partial charge >= 0.3 is 0 Å². The maximum Gasteiger partial charge on any atom is 0.258 e. The smallest absolute Gasteiger partial charge is 0.258 e. The van der Waals surface area contributed by atoms with Crippen LogP contribution in [0, 0.1) is 0 Å². The molecule has 1 saturated heterocycles. The van der Waals surface area contributed by atoms with Crippen molar-refractivity contribution in [3.63, 3.8) is 0 Å². The third-order valence-corrected chi connectivity index (χ3v) is 4.37. The van der Waals surface area contributed by atoms with Crippen molar-refractivity contribution in [2.75, 3.05) is 18.0 Å². The molecule has 24 heavy (non-hydrogen) atoms. The van der Waals surface area contributed by atoms with Crippen LogP contribution in [0.15, 0.2) is 54.6 Å². The maximum absolute atomic E-state index is 12.7. The summed E-state index contributed by atoms with van der Waals surface area (Å²) >= 11 is 0. The van der Waals surface area contributed by atoms with E-state index in [9.17, 15) is 9.59 Å². The zero-order valence-corrected chi connectivity index (χ0v) is 13.9. The van der Waals surface area contributed by atoms with Crippen LogP contribution in [0.4, 0.5) is 5.69 Å². The first-order valence-corrected chi connectivity index (χ1v) is 8.42. The fourth-order valence-corrected chi connectivity index (χ4v) is 3.05. The highest BCUT2D eigenvalue weighted by molar-refractivity contribution is 6.06. The molecule has 1 aliphatic heterocycles. The highest BCUT2D eigenvalue weighted by Crippen LogP contribution is 2.18. The standard InChI is InChI=1S/C20H22N2O2/c1-2-22(18-7-4-3-5-8-18)20(24)17-12-10-16(11-13-17)15-21-14-6-9-19(21)23/h3-5,7-8,10-13H,2,6,9,14-15H2,1H3. The number of hydrogen-bond acceptors (Lipinski definition) is 2. The van der Waals surface area contributed by atoms with Gasteiger partial charge in [-0.1, -0.05) is 30.3 Å². The summed E-state index contributed by atoms with van der Waals surface area (Å²) in [5, 5.41) is 0. The lowest BCUT2D eigenvalue weighted by Gasteiger charge is -2.21. The van der Waals surface area contributed by atoms with Gasteiger partial charge in [0.15, 0.2) is 0 Å². The van der Waals surface area contributed by atoms with Gasteiger partial charge in [0.05, 0.1) is 0 Å². The van der Waals surface area contributed by atoms with Gasteiger partial charge in [-0.3, -0.25) is 9.59 Å². The normalized spacial score (nSPS) is 14.0. The SMILES string of the molecule is CCN(C(=O)c1ccc(CN2CCCC2=O)cc1)c1ccccc1. The number of amides is 2. The molecule has 0 radical (unpaired) electrons. The molecule has 0 atom stereocenters. The Labute approximate surface area is 142 Å². The van der Waals surface area contributed by atoms with Crippen molar-refractivity contribution in [1.29, 1.82) is 0 Å². The number of rotatable bonds is 5. The van der Waals surface area contributed by atoms with E-state index in [4.69, 9.17) is 0 Å². The largest absolute Gasteiger partial charge is 0.338 e. The quantitative estimate of drug-likeness (QED) is 0.845. The minimum Gasteiger partial charge on any atom is -0.338 e. The highest BCUT2D eigenvalue weighted by Gasteiger charge is 2.20. The van der Waals surface area contributed by atoms with Gasteiger partial charge in [0, 0.05) is 37.3 Å². The van der Waals surface area contributed by atoms with E-state index in [1.165, 1.54) is 0 Å². The van der Waals surface area contributed by atoms with Gasteiger partial charge in [-0.2, -0.15) is 0 Å². The lowest BCUT2D eigenvalue weighted by atomic mass is 10.1. The number of nitrogens with zero attached hydrogens (tertiary/aromatic N) is 2. The number of likely N-dealkylation sites (tertiary alicyclic amines) is 1. The second-order valence-electron chi connectivity index (χ2n) is 6.00. The number of para-hydroxylation sites is 1. The van der Waals surface area contributed by atoms with Gasteiger partial charge in [-0.25, -0.2) is 0 Å². The molecule has 2 aromatic rings. The Balaban J connectivity index is 1.72. The van der Waals surface area contributed by atoms with E-state index in [2.05, 4.69) is 0 Å². The van der Waals surface area contributed by atoms with Gasteiger partial charge in [-0.15, -0.1) is 0 Å². The predicted octanol–water partition coefficient (Wildman–Crippen LogP) is 3.48. The molecule has 0 bridgehead atoms. The molecule has 0 saturated carbocycles. The molecule has 124 valence electrons. The van der Waals surface area contributed by atoms with E-state index in [1.54, 1.807) is 4.90 Å². The zero-order valence-electron chi connectivity index (χ0n) is 13.9. The molecule has 1 aliphatic rings. The Hall–Kier alpha value is -2.62. The molecule has 1 fully saturated rings. The van der Waals surface area contributed by atoms with Crippen LogP contribution >= 0.6 is 0 Å². The van der Waals surface area contributed by atoms with Crippen molar-refractivity contribution in [3.05, 3.63) is 65.7 Å². The Kier molecular flexibility index (Phi) is 4.94. The molecule has 2 amide bonds. The minimum absolute atomic E-state index is 0.00695. The Morgan fingerprint density at radius 2 is 1.79 bits per heavy atom. The van der Waals surface area contributed by atoms with Gasteiger partial charge in [0.2, 0.25) is 5.91 Å². The van der Waals surface area contributed by atoms with Crippen LogP contribution in [0.2, 0.25) is 0 Å². The molecule has 4 heteroatoms. The third kappa shape index (κ3) is 3.48. The molecule has 0 aromatic heterocycles. The molecule has 4 nitrogen and oxygen atoms in total. The molecule has 0 aliphatic carbocycles. The number of anilines is 1. The fourth-order valence-electron chi connectivity index (χ4n) is 3.05. The summed E-state index contributed by atoms with van der Waals surface area (Å²) in [4.78, 5) is 28.1. The number of benzene rings is 2. The van der Waals surface area contributed by atoms with Gasteiger partial charge < -0.3 is 9.80 Å². The second kappa shape index (κ2) is 7.30. The fraction of sp³-hybridized carbons (Fsp3) is 0.300. The van der Waals surface area contributed by atoms with Crippen LogP contribution in [0.1, 0.15) is 35.7 Å². The Morgan fingerprint density at radius 1 is 1.08 bits per heavy atom. The van der Waals surface area contributed by atoms with E-state index >= 15 is 0 Å². The van der Waals surface area contributed by atoms with Crippen molar-refractivity contribution in [1.82, 2.24) is 4.90 Å². The topological polar surface area (TPSA) is 40.6 Å². The number of carbonyl (C=O) groups excluding carboxylic acids is 2. The lowest BCUT2D eigenvalue weighted by molar-refractivity contribution is -0.128. The second-order valence-corrected chi connectivity index (χ2v) is 6.00. The first kappa shape index (κ1) is 16.2. The van der Waals surface area contributed by atoms with E-state index < -0.39 is 0 Å². The Bertz CT molecular complexity index is 710. The average Bonchev–Trinajstić information content (AvgIpc) is 3.02. The zero-order chi connectivity index (χ0) is 16.9. The van der Waals surface area contributed by atoms with E-state index in [0.29, 0.717) is 25.1 Å². The van der Waals surface area contributed by atoms with E-state index in [0.717, 1.165) is 24.2 Å². The van der Waals surface area contributed by atoms with Crippen molar-refractivity contribution in [3.8, 4) is 0 Å². The summed E-state index contributed by atoms with van der Waals surface area (Å²) in [5.74, 6) is 0.212. The lowest BCUT2D eigenvalue weighted by Crippen LogP contribution is -2.30. The molecule has 0 N–H and O–H groups in total. The van der Waals surface area contributed by atoms with E-state index in [-0.39, 0.29) is 11.8 Å². The van der Waals surface area contributed by atoms with Crippen molar-refractivity contribution < 1.29 is 9.59 Å². The van der Waals surface area contributed by atoms with Crippen molar-refractivity contribution in [2.24, 2.45) is 0 Å². The maximum atomic E-state index is 12.7. The van der Waals surface area contributed by atoms with Crippen molar-refractivity contribution in [2.45, 2.75) is 26.3 Å². The van der Waals surface area contributed by atoms with Gasteiger partial charge in [-0.05, 0) is 43.2 Å². The summed E-state index contributed by atoms with van der Waals surface area (Å²) in [6, 6.07) is 17.3. The average molecular weight is 322 g/mol. The monoisotopic (exact) mass is 322 g/mol. The van der Waals surface area contributed by atoms with Crippen LogP contribution in [0.3, 0.4) is 0 Å². The van der Waals surface area contributed by atoms with E-state index in [1.807, 2.05) is 66.4 Å². The first-order valence-electron chi connectivity index (χ1n) is 8.42. The van der Waals surface area contributed by atoms with Crippen molar-refractivity contribution >= 4 is 17.5 Å². The summed E-state index contributed by atoms with van der Waals surface area (Å²) in [5.41, 5.74) is 2.62. The third-order valence-electron chi connectivity index (χ3n) is 4.37. The van der Waals surface area contributed by atoms with Crippen LogP contribution in [0.25, 0.3) is 0 Å². The molecular weight excluding hydrogens is 300 g/mol. The predicted molar refractivity (Wildman–Crippen MR) is 94.9 cm³/mol. The summed E-state index contributed by atoms with van der Waals surface area (Å²) in [6.45, 7) is 4.05. The summed E-state index contributed by atoms with van der Waals surface area (Å²) < 4.78 is 0. The van der Waals surface area contributed by atoms with Gasteiger partial charge in [0.1, 0.15) is 0 Å². The number of carbonyl (C=O) groups is 2. The highest BCUT2D eigenvalue weighted by atomic mass is 16.2. The molecule has 0 unspecified atom stereocenters. The molecular formula is C20H22N2O2. The molecule has 2 aromatic carbocycles. The van der Waals surface area contributed by atoms with Crippen LogP contribution in [-0.4, -0.2) is 29.8 Å². The van der Waals surface area contributed by atoms with Crippen LogP contribution in [0.5, 0.6) is 0 Å². The van der Waals surface area contributed by atoms with Crippen LogP contribution in [-0.2, 0) is 11.3 Å². The van der Waals surface area contributed by atoms with Gasteiger partial charge in [0.25, 0.3) is 5.91 Å². The number of hydrogen-bond donors (Lipinski definition) is 0. The molecule has 0 spiro atoms. The summed E-state index contributed by atoms with van der Waals surface area (Å²) in [6.07, 6.45) is 1.59. The molecule has 1 heterocycles. The Morgan fingerprint density at radius 3 is 2.38 bits per heavy atom.